The fourth-order valence-corrected chi connectivity index (χ4v) is 5.69. The second kappa shape index (κ2) is 11.1. The lowest BCUT2D eigenvalue weighted by atomic mass is 9.87. The monoisotopic (exact) mass is 530 g/mol. The number of nitrogens with one attached hydrogen (secondary N) is 2. The number of nitriles is 1. The molecule has 0 bridgehead atoms. The van der Waals surface area contributed by atoms with E-state index in [1.54, 1.807) is 0 Å². The largest absolute Gasteiger partial charge is 0.393 e. The van der Waals surface area contributed by atoms with E-state index in [-0.39, 0.29) is 55.8 Å². The first-order chi connectivity index (χ1) is 16.8. The summed E-state index contributed by atoms with van der Waals surface area (Å²) in [6.45, 7) is 0.717. The molecule has 13 heteroatoms. The van der Waals surface area contributed by atoms with Crippen molar-refractivity contribution in [3.8, 4) is 6.07 Å². The van der Waals surface area contributed by atoms with Gasteiger partial charge in [-0.05, 0) is 48.9 Å². The molecule has 2 saturated heterocycles. The van der Waals surface area contributed by atoms with Gasteiger partial charge in [0.2, 0.25) is 21.8 Å². The fourth-order valence-electron chi connectivity index (χ4n) is 4.69. The Bertz CT molecular complexity index is 1130. The number of sulfonamides is 1. The molecule has 2 aliphatic heterocycles. The molecule has 2 aliphatic rings. The van der Waals surface area contributed by atoms with Gasteiger partial charge in [0.1, 0.15) is 5.54 Å². The molecule has 9 nitrogen and oxygen atoms in total. The summed E-state index contributed by atoms with van der Waals surface area (Å²) in [6, 6.07) is 5.76. The van der Waals surface area contributed by atoms with Crippen LogP contribution in [0.1, 0.15) is 42.4 Å². The van der Waals surface area contributed by atoms with Crippen LogP contribution in [-0.2, 0) is 37.3 Å². The Morgan fingerprint density at radius 1 is 1.25 bits per heavy atom. The summed E-state index contributed by atoms with van der Waals surface area (Å²) >= 11 is 0. The minimum Gasteiger partial charge on any atom is -0.381 e. The van der Waals surface area contributed by atoms with Crippen molar-refractivity contribution in [3.63, 3.8) is 0 Å². The van der Waals surface area contributed by atoms with Crippen molar-refractivity contribution < 1.29 is 35.9 Å². The maximum Gasteiger partial charge on any atom is 0.393 e. The molecule has 2 heterocycles. The zero-order valence-electron chi connectivity index (χ0n) is 19.9. The van der Waals surface area contributed by atoms with Gasteiger partial charge in [-0.1, -0.05) is 6.07 Å². The van der Waals surface area contributed by atoms with Crippen molar-refractivity contribution in [1.82, 2.24) is 14.9 Å². The number of nitrogens with zero attached hydrogens (tertiary/aromatic N) is 2. The molecule has 2 amide bonds. The van der Waals surface area contributed by atoms with E-state index in [9.17, 15) is 31.2 Å². The molecule has 2 N–H and O–H groups in total. The summed E-state index contributed by atoms with van der Waals surface area (Å²) in [6.07, 6.45) is -3.37. The number of ether oxygens (including phenoxy) is 1. The van der Waals surface area contributed by atoms with E-state index in [0.29, 0.717) is 19.4 Å². The summed E-state index contributed by atoms with van der Waals surface area (Å²) in [7, 11) is -3.69. The highest BCUT2D eigenvalue weighted by Crippen LogP contribution is 2.28. The Labute approximate surface area is 208 Å². The van der Waals surface area contributed by atoms with Gasteiger partial charge in [0.05, 0.1) is 30.2 Å². The number of hydrogen-bond acceptors (Lipinski definition) is 6. The van der Waals surface area contributed by atoms with Crippen molar-refractivity contribution in [2.24, 2.45) is 5.92 Å². The van der Waals surface area contributed by atoms with Crippen molar-refractivity contribution >= 4 is 21.8 Å². The van der Waals surface area contributed by atoms with Crippen molar-refractivity contribution in [2.75, 3.05) is 32.6 Å². The highest BCUT2D eigenvalue weighted by Gasteiger charge is 2.46. The molecule has 0 spiro atoms. The van der Waals surface area contributed by atoms with Crippen LogP contribution >= 0.6 is 0 Å². The van der Waals surface area contributed by atoms with Gasteiger partial charge < -0.3 is 15.0 Å². The molecule has 0 aliphatic carbocycles. The molecule has 1 aromatic carbocycles. The molecule has 3 rings (SSSR count). The Balaban J connectivity index is 1.68. The Kier molecular flexibility index (Phi) is 8.63. The smallest absolute Gasteiger partial charge is 0.381 e. The summed E-state index contributed by atoms with van der Waals surface area (Å²) in [5, 5.41) is 11.7. The number of alkyl halides is 3. The van der Waals surface area contributed by atoms with Gasteiger partial charge in [0.15, 0.2) is 0 Å². The van der Waals surface area contributed by atoms with Crippen molar-refractivity contribution in [1.29, 1.82) is 5.26 Å². The lowest BCUT2D eigenvalue weighted by Crippen LogP contribution is -2.63. The van der Waals surface area contributed by atoms with E-state index in [4.69, 9.17) is 10.00 Å². The van der Waals surface area contributed by atoms with E-state index in [1.165, 1.54) is 17.0 Å². The van der Waals surface area contributed by atoms with Gasteiger partial charge in [-0.25, -0.2) is 8.42 Å². The zero-order valence-corrected chi connectivity index (χ0v) is 20.7. The molecule has 0 saturated carbocycles. The highest BCUT2D eigenvalue weighted by molar-refractivity contribution is 7.88. The van der Waals surface area contributed by atoms with E-state index in [1.807, 2.05) is 6.07 Å². The van der Waals surface area contributed by atoms with Gasteiger partial charge in [-0.15, -0.1) is 0 Å². The van der Waals surface area contributed by atoms with Crippen molar-refractivity contribution in [2.45, 2.75) is 50.4 Å². The normalized spacial score (nSPS) is 20.4. The molecule has 0 radical (unpaired) electrons. The van der Waals surface area contributed by atoms with Gasteiger partial charge in [0.25, 0.3) is 0 Å². The van der Waals surface area contributed by atoms with Gasteiger partial charge >= 0.3 is 6.18 Å². The van der Waals surface area contributed by atoms with Crippen LogP contribution in [-0.4, -0.2) is 69.4 Å². The SMILES string of the molecule is CS(=O)(=O)NC1(C(=O)N2CCC[C@@H](C(=O)NCc3ccc(C#N)cc3CC(F)(F)F)C2)CCOCC1. The number of hydrogen-bond donors (Lipinski definition) is 2. The third-order valence-electron chi connectivity index (χ3n) is 6.40. The fraction of sp³-hybridized carbons (Fsp3) is 0.609. The average molecular weight is 531 g/mol. The summed E-state index contributed by atoms with van der Waals surface area (Å²) in [5.41, 5.74) is -1.08. The standard InChI is InChI=1S/C23H29F3N4O5S/c1-36(33,34)29-22(6-9-35-10-7-22)21(32)30-8-2-3-18(15-30)20(31)28-14-17-5-4-16(13-27)11-19(17)12-23(24,25)26/h4-5,11,18,29H,2-3,6-10,12,14-15H2,1H3,(H,28,31)/t18-/m1/s1. The lowest BCUT2D eigenvalue weighted by Gasteiger charge is -2.42. The second-order valence-corrected chi connectivity index (χ2v) is 11.0. The first kappa shape index (κ1) is 27.9. The molecule has 36 heavy (non-hydrogen) atoms. The minimum absolute atomic E-state index is 0.0709. The number of amides is 2. The Morgan fingerprint density at radius 2 is 1.94 bits per heavy atom. The zero-order chi connectivity index (χ0) is 26.6. The number of carbonyl (C=O) groups excluding carboxylic acids is 2. The molecular formula is C23H29F3N4O5S. The number of likely N-dealkylation sites (tertiary alicyclic amines) is 1. The molecule has 0 aromatic heterocycles. The van der Waals surface area contributed by atoms with Crippen LogP contribution in [0, 0.1) is 17.2 Å². The summed E-state index contributed by atoms with van der Waals surface area (Å²) in [5.74, 6) is -1.41. The van der Waals surface area contributed by atoms with Crippen LogP contribution in [0.15, 0.2) is 18.2 Å². The van der Waals surface area contributed by atoms with Gasteiger partial charge in [-0.3, -0.25) is 9.59 Å². The van der Waals surface area contributed by atoms with E-state index >= 15 is 0 Å². The highest BCUT2D eigenvalue weighted by atomic mass is 32.2. The van der Waals surface area contributed by atoms with Crippen LogP contribution < -0.4 is 10.0 Å². The first-order valence-corrected chi connectivity index (χ1v) is 13.4. The average Bonchev–Trinajstić information content (AvgIpc) is 2.81. The maximum atomic E-state index is 13.4. The second-order valence-electron chi connectivity index (χ2n) is 9.26. The molecule has 1 aromatic rings. The predicted octanol–water partition coefficient (Wildman–Crippen LogP) is 1.62. The Morgan fingerprint density at radius 3 is 2.56 bits per heavy atom. The maximum absolute atomic E-state index is 13.4. The number of piperidine rings is 1. The third kappa shape index (κ3) is 7.41. The predicted molar refractivity (Wildman–Crippen MR) is 123 cm³/mol. The van der Waals surface area contributed by atoms with Gasteiger partial charge in [0, 0.05) is 32.8 Å². The Hall–Kier alpha value is -2.69. The molecular weight excluding hydrogens is 501 g/mol. The van der Waals surface area contributed by atoms with Crippen LogP contribution in [0.2, 0.25) is 0 Å². The van der Waals surface area contributed by atoms with Gasteiger partial charge in [-0.2, -0.15) is 23.2 Å². The van der Waals surface area contributed by atoms with E-state index < -0.39 is 45.9 Å². The van der Waals surface area contributed by atoms with Crippen LogP contribution in [0.3, 0.4) is 0 Å². The lowest BCUT2D eigenvalue weighted by molar-refractivity contribution is -0.144. The van der Waals surface area contributed by atoms with Crippen LogP contribution in [0.4, 0.5) is 13.2 Å². The van der Waals surface area contributed by atoms with Crippen LogP contribution in [0.5, 0.6) is 0 Å². The topological polar surface area (TPSA) is 129 Å². The third-order valence-corrected chi connectivity index (χ3v) is 7.16. The van der Waals surface area contributed by atoms with E-state index in [2.05, 4.69) is 10.0 Å². The number of benzene rings is 1. The summed E-state index contributed by atoms with van der Waals surface area (Å²) in [4.78, 5) is 27.8. The molecule has 198 valence electrons. The van der Waals surface area contributed by atoms with Crippen molar-refractivity contribution in [3.05, 3.63) is 34.9 Å². The number of rotatable bonds is 7. The number of carbonyl (C=O) groups is 2. The molecule has 2 fully saturated rings. The summed E-state index contributed by atoms with van der Waals surface area (Å²) < 4.78 is 70.7. The van der Waals surface area contributed by atoms with Crippen LogP contribution in [0.25, 0.3) is 0 Å². The van der Waals surface area contributed by atoms with E-state index in [0.717, 1.165) is 12.3 Å². The minimum atomic E-state index is -4.48. The quantitative estimate of drug-likeness (QED) is 0.551. The molecule has 1 atom stereocenters. The number of halogens is 3. The first-order valence-electron chi connectivity index (χ1n) is 11.5. The molecule has 0 unspecified atom stereocenters.